The molecule has 0 saturated carbocycles. The Hall–Kier alpha value is -1.29. The van der Waals surface area contributed by atoms with Crippen LogP contribution in [0.2, 0.25) is 0 Å². The molecule has 0 N–H and O–H groups in total. The molecule has 136 valence electrons. The topological polar surface area (TPSA) is 48.7 Å². The molecule has 26 heavy (non-hydrogen) atoms. The van der Waals surface area contributed by atoms with Crippen molar-refractivity contribution in [3.63, 3.8) is 0 Å². The van der Waals surface area contributed by atoms with Crippen molar-refractivity contribution in [1.29, 1.82) is 0 Å². The van der Waals surface area contributed by atoms with Gasteiger partial charge in [-0.15, -0.1) is 0 Å². The summed E-state index contributed by atoms with van der Waals surface area (Å²) >= 11 is 1.54. The van der Waals surface area contributed by atoms with Crippen LogP contribution in [-0.2, 0) is 22.6 Å². The van der Waals surface area contributed by atoms with Crippen LogP contribution in [-0.4, -0.2) is 21.9 Å². The molecule has 2 heterocycles. The Morgan fingerprint density at radius 2 is 2.04 bits per heavy atom. The summed E-state index contributed by atoms with van der Waals surface area (Å²) in [5.41, 5.74) is 2.87. The Kier molecular flexibility index (Phi) is 5.40. The predicted octanol–water partition coefficient (Wildman–Crippen LogP) is 5.02. The molecule has 0 spiro atoms. The normalized spacial score (nSPS) is 14.5. The van der Waals surface area contributed by atoms with Crippen molar-refractivity contribution in [3.05, 3.63) is 60.9 Å². The summed E-state index contributed by atoms with van der Waals surface area (Å²) in [7, 11) is 1.39. The Morgan fingerprint density at radius 1 is 1.19 bits per heavy atom. The van der Waals surface area contributed by atoms with E-state index in [1.807, 2.05) is 18.2 Å². The monoisotopic (exact) mass is 576 g/mol. The van der Waals surface area contributed by atoms with Crippen molar-refractivity contribution in [2.75, 3.05) is 16.0 Å². The van der Waals surface area contributed by atoms with Crippen molar-refractivity contribution in [3.8, 4) is 5.75 Å². The Labute approximate surface area is 172 Å². The molecule has 6 heteroatoms. The predicted molar refractivity (Wildman–Crippen MR) is 118 cm³/mol. The van der Waals surface area contributed by atoms with E-state index in [2.05, 4.69) is 40.8 Å². The van der Waals surface area contributed by atoms with Gasteiger partial charge in [0.2, 0.25) is 0 Å². The molecule has 1 aliphatic heterocycles. The molecule has 0 atom stereocenters. The number of hydrogen-bond donors (Lipinski definition) is 0. The molecule has 0 unspecified atom stereocenters. The van der Waals surface area contributed by atoms with Crippen LogP contribution in [0.25, 0.3) is 11.0 Å². The van der Waals surface area contributed by atoms with Crippen LogP contribution >= 0.6 is 42.4 Å². The molecular formula is C20H18I2O4. The zero-order valence-electron chi connectivity index (χ0n) is 14.3. The summed E-state index contributed by atoms with van der Waals surface area (Å²) in [5, 5.41) is 0.920. The number of furan rings is 1. The molecule has 0 bridgehead atoms. The third-order valence-corrected chi connectivity index (χ3v) is 9.74. The van der Waals surface area contributed by atoms with Crippen LogP contribution in [0, 0.1) is 7.14 Å². The molecule has 1 aromatic heterocycles. The molecule has 0 amide bonds. The van der Waals surface area contributed by atoms with Gasteiger partial charge >= 0.3 is 167 Å². The van der Waals surface area contributed by atoms with Crippen LogP contribution < -0.4 is 4.74 Å². The van der Waals surface area contributed by atoms with Gasteiger partial charge in [-0.1, -0.05) is 0 Å². The van der Waals surface area contributed by atoms with Gasteiger partial charge < -0.3 is 0 Å². The van der Waals surface area contributed by atoms with Gasteiger partial charge in [-0.25, -0.2) is 0 Å². The molecule has 0 aliphatic carbocycles. The molecule has 2 aromatic carbocycles. The van der Waals surface area contributed by atoms with Crippen LogP contribution in [0.4, 0.5) is 0 Å². The quantitative estimate of drug-likeness (QED) is 0.235. The minimum atomic E-state index is -0.848. The van der Waals surface area contributed by atoms with E-state index in [-0.39, 0.29) is 12.4 Å². The fourth-order valence-corrected chi connectivity index (χ4v) is 8.72. The van der Waals surface area contributed by atoms with Gasteiger partial charge in [0.25, 0.3) is 0 Å². The van der Waals surface area contributed by atoms with E-state index < -0.39 is 19.8 Å². The van der Waals surface area contributed by atoms with Crippen molar-refractivity contribution < 1.29 is 18.7 Å². The van der Waals surface area contributed by atoms with E-state index in [4.69, 9.17) is 13.9 Å². The summed E-state index contributed by atoms with van der Waals surface area (Å²) in [6.45, 7) is 0.585. The Morgan fingerprint density at radius 3 is 2.81 bits per heavy atom. The van der Waals surface area contributed by atoms with Gasteiger partial charge in [0.05, 0.1) is 7.11 Å². The summed E-state index contributed by atoms with van der Waals surface area (Å²) in [6, 6.07) is 12.5. The number of hydrogen-bond acceptors (Lipinski definition) is 4. The number of esters is 1. The Balaban J connectivity index is 1.51. The first-order valence-electron chi connectivity index (χ1n) is 8.24. The van der Waals surface area contributed by atoms with Crippen molar-refractivity contribution >= 4 is 59.3 Å². The fraction of sp³-hybridized carbons (Fsp3) is 0.250. The van der Waals surface area contributed by atoms with E-state index in [0.717, 1.165) is 22.3 Å². The fourth-order valence-electron chi connectivity index (χ4n) is 2.81. The van der Waals surface area contributed by atoms with Gasteiger partial charge in [0.1, 0.15) is 0 Å². The minimum absolute atomic E-state index is 0.211. The molecular weight excluding hydrogens is 558 g/mol. The molecule has 0 radical (unpaired) electrons. The second-order valence-corrected chi connectivity index (χ2v) is 13.2. The second kappa shape index (κ2) is 7.75. The SMILES string of the molecule is COC(=O)Cc1coc2cc(OCc3ccc(I)cc3I3CC3)ccc12. The maximum absolute atomic E-state index is 11.5. The van der Waals surface area contributed by atoms with E-state index in [1.54, 1.807) is 9.83 Å². The number of rotatable bonds is 6. The number of carbonyl (C=O) groups is 1. The summed E-state index contributed by atoms with van der Waals surface area (Å²) in [6.07, 6.45) is 1.82. The number of ether oxygens (including phenoxy) is 2. The number of carbonyl (C=O) groups excluding carboxylic acids is 1. The van der Waals surface area contributed by atoms with Gasteiger partial charge in [0.15, 0.2) is 0 Å². The molecule has 4 rings (SSSR count). The second-order valence-electron chi connectivity index (χ2n) is 6.03. The number of benzene rings is 2. The first-order chi connectivity index (χ1) is 12.6. The van der Waals surface area contributed by atoms with E-state index >= 15 is 0 Å². The van der Waals surface area contributed by atoms with Crippen LogP contribution in [0.5, 0.6) is 5.75 Å². The summed E-state index contributed by atoms with van der Waals surface area (Å²) in [5.74, 6) is 0.504. The standard InChI is InChI=1S/C20H18I2O4/c1-24-20(23)8-14-12-26-19-10-16(4-5-17(14)19)25-11-13-2-3-15(21)9-18(13)22-6-7-22/h2-5,9-10,12H,6-8,11H2,1H3. The van der Waals surface area contributed by atoms with Gasteiger partial charge in [-0.05, 0) is 0 Å². The van der Waals surface area contributed by atoms with Gasteiger partial charge in [0, 0.05) is 0 Å². The van der Waals surface area contributed by atoms with Gasteiger partial charge in [-0.3, -0.25) is 0 Å². The first kappa shape index (κ1) is 18.1. The maximum atomic E-state index is 11.5. The number of fused-ring (bicyclic) bond motifs is 1. The summed E-state index contributed by atoms with van der Waals surface area (Å²) in [4.78, 5) is 11.5. The van der Waals surface area contributed by atoms with E-state index in [0.29, 0.717) is 6.61 Å². The zero-order chi connectivity index (χ0) is 18.1. The van der Waals surface area contributed by atoms with Crippen LogP contribution in [0.3, 0.4) is 0 Å². The number of halogens is 2. The average Bonchev–Trinajstić information content (AvgIpc) is 3.43. The van der Waals surface area contributed by atoms with E-state index in [9.17, 15) is 4.79 Å². The molecule has 1 saturated heterocycles. The van der Waals surface area contributed by atoms with Gasteiger partial charge in [-0.2, -0.15) is 0 Å². The third kappa shape index (κ3) is 4.00. The third-order valence-electron chi connectivity index (χ3n) is 4.26. The molecule has 1 aliphatic rings. The van der Waals surface area contributed by atoms with E-state index in [1.165, 1.54) is 25.1 Å². The van der Waals surface area contributed by atoms with Crippen molar-refractivity contribution in [2.45, 2.75) is 13.0 Å². The van der Waals surface area contributed by atoms with Crippen molar-refractivity contribution in [1.82, 2.24) is 0 Å². The number of methoxy groups -OCH3 is 1. The van der Waals surface area contributed by atoms with Crippen LogP contribution in [0.15, 0.2) is 47.1 Å². The average molecular weight is 576 g/mol. The number of alkyl halides is 2. The molecule has 4 nitrogen and oxygen atoms in total. The molecule has 1 fully saturated rings. The molecule has 3 aromatic rings. The van der Waals surface area contributed by atoms with Crippen LogP contribution in [0.1, 0.15) is 11.1 Å². The first-order valence-corrected chi connectivity index (χ1v) is 13.4. The zero-order valence-corrected chi connectivity index (χ0v) is 18.6. The summed E-state index contributed by atoms with van der Waals surface area (Å²) < 4.78 is 22.1. The van der Waals surface area contributed by atoms with Crippen molar-refractivity contribution in [2.24, 2.45) is 0 Å². The Bertz CT molecular complexity index is 960.